The molecule has 2 amide bonds. The predicted molar refractivity (Wildman–Crippen MR) is 113 cm³/mol. The lowest BCUT2D eigenvalue weighted by Gasteiger charge is -2.11. The van der Waals surface area contributed by atoms with Gasteiger partial charge in [-0.05, 0) is 42.5 Å². The molecule has 2 aromatic carbocycles. The molecule has 0 saturated carbocycles. The van der Waals surface area contributed by atoms with Crippen LogP contribution < -0.4 is 15.5 Å². The van der Waals surface area contributed by atoms with Gasteiger partial charge in [-0.1, -0.05) is 29.3 Å². The van der Waals surface area contributed by atoms with Gasteiger partial charge in [0.05, 0.1) is 24.0 Å². The van der Waals surface area contributed by atoms with Gasteiger partial charge in [0.25, 0.3) is 0 Å². The van der Waals surface area contributed by atoms with Crippen LogP contribution in [0.2, 0.25) is 10.0 Å². The fourth-order valence-corrected chi connectivity index (χ4v) is 2.84. The van der Waals surface area contributed by atoms with Crippen LogP contribution in [-0.2, 0) is 22.7 Å². The Morgan fingerprint density at radius 2 is 1.97 bits per heavy atom. The Bertz CT molecular complexity index is 1080. The molecule has 3 rings (SSSR count). The molecule has 1 heterocycles. The van der Waals surface area contributed by atoms with Gasteiger partial charge in [-0.25, -0.2) is 9.82 Å². The Kier molecular flexibility index (Phi) is 7.64. The van der Waals surface area contributed by atoms with Crippen molar-refractivity contribution in [2.24, 2.45) is 5.10 Å². The zero-order valence-electron chi connectivity index (χ0n) is 15.9. The normalized spacial score (nSPS) is 10.8. The van der Waals surface area contributed by atoms with Crippen LogP contribution in [0.15, 0.2) is 64.3 Å². The third-order valence-corrected chi connectivity index (χ3v) is 4.57. The zero-order valence-corrected chi connectivity index (χ0v) is 17.4. The van der Waals surface area contributed by atoms with Gasteiger partial charge in [0.2, 0.25) is 0 Å². The molecule has 0 aliphatic rings. The second-order valence-electron chi connectivity index (χ2n) is 6.13. The van der Waals surface area contributed by atoms with Crippen LogP contribution >= 0.6 is 23.2 Å². The van der Waals surface area contributed by atoms with E-state index in [-0.39, 0.29) is 23.7 Å². The highest BCUT2D eigenvalue weighted by molar-refractivity contribution is 6.35. The number of nitrogens with one attached hydrogen (secondary N) is 2. The number of hydrogen-bond acceptors (Lipinski definition) is 5. The zero-order chi connectivity index (χ0) is 22.2. The van der Waals surface area contributed by atoms with E-state index in [1.807, 2.05) is 0 Å². The lowest BCUT2D eigenvalue weighted by atomic mass is 10.2. The molecule has 0 saturated heterocycles. The minimum atomic E-state index is -0.967. The summed E-state index contributed by atoms with van der Waals surface area (Å²) in [6.07, 6.45) is 2.71. The molecule has 31 heavy (non-hydrogen) atoms. The van der Waals surface area contributed by atoms with Crippen molar-refractivity contribution in [2.45, 2.75) is 13.2 Å². The molecule has 0 spiro atoms. The average molecular weight is 464 g/mol. The first-order valence-corrected chi connectivity index (χ1v) is 9.68. The van der Waals surface area contributed by atoms with E-state index in [1.165, 1.54) is 30.7 Å². The maximum Gasteiger partial charge on any atom is 0.329 e. The maximum atomic E-state index is 13.9. The van der Waals surface area contributed by atoms with Crippen LogP contribution in [-0.4, -0.2) is 18.0 Å². The van der Waals surface area contributed by atoms with Crippen LogP contribution in [0.25, 0.3) is 0 Å². The van der Waals surface area contributed by atoms with Crippen molar-refractivity contribution in [1.82, 2.24) is 10.7 Å². The van der Waals surface area contributed by atoms with E-state index in [0.29, 0.717) is 22.1 Å². The van der Waals surface area contributed by atoms with Gasteiger partial charge in [-0.15, -0.1) is 0 Å². The smallest absolute Gasteiger partial charge is 0.329 e. The number of rotatable bonds is 7. The molecule has 1 aromatic heterocycles. The lowest BCUT2D eigenvalue weighted by molar-refractivity contribution is -0.139. The number of benzene rings is 2. The van der Waals surface area contributed by atoms with E-state index in [0.717, 1.165) is 0 Å². The predicted octanol–water partition coefficient (Wildman–Crippen LogP) is 4.07. The Morgan fingerprint density at radius 3 is 2.71 bits per heavy atom. The molecule has 0 unspecified atom stereocenters. The van der Waals surface area contributed by atoms with Crippen molar-refractivity contribution in [3.05, 3.63) is 87.5 Å². The van der Waals surface area contributed by atoms with Crippen LogP contribution in [0.1, 0.15) is 16.9 Å². The molecule has 3 aromatic rings. The first-order valence-electron chi connectivity index (χ1n) is 8.93. The topological polar surface area (TPSA) is 92.9 Å². The van der Waals surface area contributed by atoms with Crippen molar-refractivity contribution < 1.29 is 23.1 Å². The Morgan fingerprint density at radius 1 is 1.13 bits per heavy atom. The highest BCUT2D eigenvalue weighted by Crippen LogP contribution is 2.25. The van der Waals surface area contributed by atoms with Crippen molar-refractivity contribution in [3.63, 3.8) is 0 Å². The van der Waals surface area contributed by atoms with Crippen LogP contribution in [0.3, 0.4) is 0 Å². The van der Waals surface area contributed by atoms with Gasteiger partial charge in [0.15, 0.2) is 0 Å². The largest absolute Gasteiger partial charge is 0.488 e. The number of halogens is 3. The molecular formula is C21H16Cl2FN3O4. The average Bonchev–Trinajstić information content (AvgIpc) is 3.26. The second kappa shape index (κ2) is 10.6. The number of furan rings is 1. The number of carbonyl (C=O) groups is 2. The third-order valence-electron chi connectivity index (χ3n) is 3.98. The van der Waals surface area contributed by atoms with Gasteiger partial charge >= 0.3 is 11.8 Å². The molecular weight excluding hydrogens is 448 g/mol. The van der Waals surface area contributed by atoms with Crippen molar-refractivity contribution in [1.29, 1.82) is 0 Å². The molecule has 2 N–H and O–H groups in total. The number of ether oxygens (including phenoxy) is 1. The third kappa shape index (κ3) is 6.31. The monoisotopic (exact) mass is 463 g/mol. The maximum absolute atomic E-state index is 13.9. The Labute approximate surface area is 186 Å². The van der Waals surface area contributed by atoms with Crippen LogP contribution in [0.5, 0.6) is 5.75 Å². The number of carbonyl (C=O) groups excluding carboxylic acids is 2. The van der Waals surface area contributed by atoms with Crippen molar-refractivity contribution >= 4 is 41.2 Å². The van der Waals surface area contributed by atoms with E-state index in [4.69, 9.17) is 32.4 Å². The second-order valence-corrected chi connectivity index (χ2v) is 6.98. The van der Waals surface area contributed by atoms with Gasteiger partial charge in [-0.2, -0.15) is 5.10 Å². The molecule has 0 fully saturated rings. The van der Waals surface area contributed by atoms with E-state index in [9.17, 15) is 14.0 Å². The summed E-state index contributed by atoms with van der Waals surface area (Å²) in [6.45, 7) is -0.0661. The summed E-state index contributed by atoms with van der Waals surface area (Å²) in [7, 11) is 0. The quantitative estimate of drug-likeness (QED) is 0.313. The molecule has 7 nitrogen and oxygen atoms in total. The molecule has 0 aliphatic carbocycles. The van der Waals surface area contributed by atoms with E-state index < -0.39 is 17.6 Å². The van der Waals surface area contributed by atoms with E-state index in [2.05, 4.69) is 15.8 Å². The standard InChI is InChI=1S/C21H16Cl2FN3O4/c22-14-6-7-19(31-12-16-17(23)4-1-5-18(16)24)13(9-14)10-26-27-21(29)20(28)25-11-15-3-2-8-30-15/h1-10H,11-12H2,(H,25,28)(H,27,29)/b26-10-. The summed E-state index contributed by atoms with van der Waals surface area (Å²) in [6, 6.07) is 12.3. The van der Waals surface area contributed by atoms with Gasteiger partial charge in [-0.3, -0.25) is 9.59 Å². The minimum Gasteiger partial charge on any atom is -0.488 e. The summed E-state index contributed by atoms with van der Waals surface area (Å²) in [5, 5.41) is 6.76. The fraction of sp³-hybridized carbons (Fsp3) is 0.0952. The van der Waals surface area contributed by atoms with Crippen LogP contribution in [0, 0.1) is 5.82 Å². The van der Waals surface area contributed by atoms with Crippen molar-refractivity contribution in [2.75, 3.05) is 0 Å². The summed E-state index contributed by atoms with van der Waals surface area (Å²) in [5.41, 5.74) is 2.70. The minimum absolute atomic E-state index is 0.0633. The van der Waals surface area contributed by atoms with E-state index in [1.54, 1.807) is 30.3 Å². The Balaban J connectivity index is 1.61. The number of amides is 2. The molecule has 0 bridgehead atoms. The SMILES string of the molecule is O=C(NCc1ccco1)C(=O)N/N=C\c1cc(Cl)ccc1OCc1c(F)cccc1Cl. The van der Waals surface area contributed by atoms with Gasteiger partial charge in [0, 0.05) is 16.1 Å². The van der Waals surface area contributed by atoms with Crippen molar-refractivity contribution in [3.8, 4) is 5.75 Å². The lowest BCUT2D eigenvalue weighted by Crippen LogP contribution is -2.37. The number of nitrogens with zero attached hydrogens (tertiary/aromatic N) is 1. The molecule has 0 atom stereocenters. The van der Waals surface area contributed by atoms with E-state index >= 15 is 0 Å². The number of hydrogen-bond donors (Lipinski definition) is 2. The molecule has 10 heteroatoms. The number of hydrazone groups is 1. The summed E-state index contributed by atoms with van der Waals surface area (Å²) < 4.78 is 24.6. The summed E-state index contributed by atoms with van der Waals surface area (Å²) in [4.78, 5) is 23.6. The van der Waals surface area contributed by atoms with Gasteiger partial charge in [0.1, 0.15) is 23.9 Å². The Hall–Kier alpha value is -3.36. The molecule has 0 radical (unpaired) electrons. The highest BCUT2D eigenvalue weighted by atomic mass is 35.5. The first-order chi connectivity index (χ1) is 14.9. The highest BCUT2D eigenvalue weighted by Gasteiger charge is 2.13. The van der Waals surface area contributed by atoms with Gasteiger partial charge < -0.3 is 14.5 Å². The van der Waals surface area contributed by atoms with Crippen LogP contribution in [0.4, 0.5) is 4.39 Å². The summed E-state index contributed by atoms with van der Waals surface area (Å²) in [5.74, 6) is -1.52. The first kappa shape index (κ1) is 22.3. The summed E-state index contributed by atoms with van der Waals surface area (Å²) >= 11 is 12.0. The fourth-order valence-electron chi connectivity index (χ4n) is 2.44. The molecule has 160 valence electrons. The molecule has 0 aliphatic heterocycles.